The van der Waals surface area contributed by atoms with Crippen LogP contribution in [0.15, 0.2) is 52.1 Å². The van der Waals surface area contributed by atoms with Crippen molar-refractivity contribution in [1.29, 1.82) is 0 Å². The van der Waals surface area contributed by atoms with Crippen molar-refractivity contribution in [1.82, 2.24) is 10.2 Å². The SMILES string of the molecule is COc1cccc(-c2nnc(SCC(=O)c3cc(OC)ccc3OC)o2)c1. The van der Waals surface area contributed by atoms with E-state index < -0.39 is 0 Å². The van der Waals surface area contributed by atoms with Crippen LogP contribution in [0.25, 0.3) is 11.5 Å². The van der Waals surface area contributed by atoms with Gasteiger partial charge in [0.25, 0.3) is 5.22 Å². The molecule has 0 radical (unpaired) electrons. The third-order valence-corrected chi connectivity index (χ3v) is 4.58. The molecule has 0 fully saturated rings. The molecule has 7 nitrogen and oxygen atoms in total. The van der Waals surface area contributed by atoms with Crippen LogP contribution < -0.4 is 14.2 Å². The van der Waals surface area contributed by atoms with Gasteiger partial charge in [0.2, 0.25) is 5.89 Å². The fourth-order valence-electron chi connectivity index (χ4n) is 2.38. The number of hydrogen-bond donors (Lipinski definition) is 0. The fraction of sp³-hybridized carbons (Fsp3) is 0.211. The minimum atomic E-state index is -0.128. The topological polar surface area (TPSA) is 83.7 Å². The van der Waals surface area contributed by atoms with Gasteiger partial charge in [0.15, 0.2) is 5.78 Å². The van der Waals surface area contributed by atoms with Crippen molar-refractivity contribution in [2.24, 2.45) is 0 Å². The molecule has 0 aliphatic rings. The quantitative estimate of drug-likeness (QED) is 0.428. The molecule has 0 bridgehead atoms. The maximum absolute atomic E-state index is 12.6. The normalized spacial score (nSPS) is 10.5. The Balaban J connectivity index is 1.70. The molecule has 3 aromatic rings. The van der Waals surface area contributed by atoms with Gasteiger partial charge < -0.3 is 18.6 Å². The van der Waals surface area contributed by atoms with E-state index in [-0.39, 0.29) is 11.5 Å². The summed E-state index contributed by atoms with van der Waals surface area (Å²) in [6.45, 7) is 0. The molecule has 0 N–H and O–H groups in total. The van der Waals surface area contributed by atoms with Gasteiger partial charge in [-0.1, -0.05) is 17.8 Å². The van der Waals surface area contributed by atoms with Gasteiger partial charge in [0.1, 0.15) is 17.2 Å². The van der Waals surface area contributed by atoms with Gasteiger partial charge in [0, 0.05) is 5.56 Å². The highest BCUT2D eigenvalue weighted by Gasteiger charge is 2.16. The number of Topliss-reactive ketones (excluding diaryl/α,β-unsaturated/α-hetero) is 1. The highest BCUT2D eigenvalue weighted by Crippen LogP contribution is 2.28. The number of methoxy groups -OCH3 is 3. The molecule has 0 spiro atoms. The van der Waals surface area contributed by atoms with Gasteiger partial charge in [-0.05, 0) is 36.4 Å². The van der Waals surface area contributed by atoms with Crippen molar-refractivity contribution in [3.05, 3.63) is 48.0 Å². The van der Waals surface area contributed by atoms with Gasteiger partial charge in [-0.25, -0.2) is 0 Å². The van der Waals surface area contributed by atoms with E-state index in [9.17, 15) is 4.79 Å². The van der Waals surface area contributed by atoms with E-state index in [1.54, 1.807) is 38.5 Å². The van der Waals surface area contributed by atoms with Crippen LogP contribution >= 0.6 is 11.8 Å². The second-order valence-corrected chi connectivity index (χ2v) is 6.31. The number of nitrogens with zero attached hydrogens (tertiary/aromatic N) is 2. The zero-order chi connectivity index (χ0) is 19.2. The van der Waals surface area contributed by atoms with Gasteiger partial charge in [0.05, 0.1) is 32.6 Å². The number of ketones is 1. The van der Waals surface area contributed by atoms with E-state index >= 15 is 0 Å². The molecule has 140 valence electrons. The minimum Gasteiger partial charge on any atom is -0.497 e. The molecule has 0 aliphatic heterocycles. The zero-order valence-electron chi connectivity index (χ0n) is 15.1. The molecule has 0 aliphatic carbocycles. The van der Waals surface area contributed by atoms with E-state index in [4.69, 9.17) is 18.6 Å². The molecule has 1 aromatic heterocycles. The van der Waals surface area contributed by atoms with Gasteiger partial charge in [-0.3, -0.25) is 4.79 Å². The van der Waals surface area contributed by atoms with Crippen LogP contribution in [0.4, 0.5) is 0 Å². The zero-order valence-corrected chi connectivity index (χ0v) is 15.9. The first-order chi connectivity index (χ1) is 13.1. The van der Waals surface area contributed by atoms with E-state index in [0.717, 1.165) is 17.3 Å². The molecule has 0 amide bonds. The van der Waals surface area contributed by atoms with Crippen molar-refractivity contribution in [3.63, 3.8) is 0 Å². The van der Waals surface area contributed by atoms with Gasteiger partial charge in [-0.15, -0.1) is 10.2 Å². The summed E-state index contributed by atoms with van der Waals surface area (Å²) in [5, 5.41) is 8.32. The van der Waals surface area contributed by atoms with Crippen molar-refractivity contribution < 1.29 is 23.4 Å². The number of rotatable bonds is 8. The molecule has 0 unspecified atom stereocenters. The summed E-state index contributed by atoms with van der Waals surface area (Å²) in [7, 11) is 4.65. The Morgan fingerprint density at radius 2 is 1.78 bits per heavy atom. The van der Waals surface area contributed by atoms with Crippen LogP contribution in [0.3, 0.4) is 0 Å². The first-order valence-corrected chi connectivity index (χ1v) is 8.99. The lowest BCUT2D eigenvalue weighted by Gasteiger charge is -2.08. The first kappa shape index (κ1) is 18.8. The minimum absolute atomic E-state index is 0.128. The van der Waals surface area contributed by atoms with Crippen LogP contribution in [0, 0.1) is 0 Å². The lowest BCUT2D eigenvalue weighted by Crippen LogP contribution is -2.05. The van der Waals surface area contributed by atoms with Crippen molar-refractivity contribution >= 4 is 17.5 Å². The number of thioether (sulfide) groups is 1. The van der Waals surface area contributed by atoms with E-state index in [0.29, 0.717) is 33.9 Å². The molecule has 27 heavy (non-hydrogen) atoms. The lowest BCUT2D eigenvalue weighted by molar-refractivity contribution is 0.101. The van der Waals surface area contributed by atoms with Crippen LogP contribution in [-0.2, 0) is 0 Å². The third kappa shape index (κ3) is 4.40. The summed E-state index contributed by atoms with van der Waals surface area (Å²) < 4.78 is 21.2. The summed E-state index contributed by atoms with van der Waals surface area (Å²) in [5.41, 5.74) is 1.19. The van der Waals surface area contributed by atoms with Gasteiger partial charge >= 0.3 is 0 Å². The van der Waals surface area contributed by atoms with Crippen LogP contribution in [0.5, 0.6) is 17.2 Å². The summed E-state index contributed by atoms with van der Waals surface area (Å²) in [6.07, 6.45) is 0. The molecule has 0 saturated heterocycles. The molecule has 3 rings (SSSR count). The summed E-state index contributed by atoms with van der Waals surface area (Å²) in [5.74, 6) is 2.13. The number of carbonyl (C=O) groups excluding carboxylic acids is 1. The predicted molar refractivity (Wildman–Crippen MR) is 101 cm³/mol. The largest absolute Gasteiger partial charge is 0.497 e. The second-order valence-electron chi connectivity index (χ2n) is 5.38. The highest BCUT2D eigenvalue weighted by molar-refractivity contribution is 7.99. The molecular weight excluding hydrogens is 368 g/mol. The smallest absolute Gasteiger partial charge is 0.277 e. The van der Waals surface area contributed by atoms with E-state index in [1.807, 2.05) is 18.2 Å². The Labute approximate surface area is 160 Å². The Kier molecular flexibility index (Phi) is 5.97. The van der Waals surface area contributed by atoms with Crippen LogP contribution in [0.1, 0.15) is 10.4 Å². The van der Waals surface area contributed by atoms with Crippen LogP contribution in [0.2, 0.25) is 0 Å². The maximum atomic E-state index is 12.6. The monoisotopic (exact) mass is 386 g/mol. The summed E-state index contributed by atoms with van der Waals surface area (Å²) >= 11 is 1.16. The second kappa shape index (κ2) is 8.59. The Morgan fingerprint density at radius 3 is 2.52 bits per heavy atom. The molecule has 0 saturated carbocycles. The molecule has 2 aromatic carbocycles. The Hall–Kier alpha value is -3.00. The molecular formula is C19H18N2O5S. The average Bonchev–Trinajstić information content (AvgIpc) is 3.20. The van der Waals surface area contributed by atoms with E-state index in [2.05, 4.69) is 10.2 Å². The van der Waals surface area contributed by atoms with Crippen molar-refractivity contribution in [2.75, 3.05) is 27.1 Å². The number of benzene rings is 2. The molecule has 0 atom stereocenters. The van der Waals surface area contributed by atoms with E-state index in [1.165, 1.54) is 7.11 Å². The Morgan fingerprint density at radius 1 is 1.00 bits per heavy atom. The van der Waals surface area contributed by atoms with Crippen molar-refractivity contribution in [3.8, 4) is 28.7 Å². The highest BCUT2D eigenvalue weighted by atomic mass is 32.2. The molecule has 1 heterocycles. The summed E-state index contributed by atoms with van der Waals surface area (Å²) in [6, 6.07) is 12.4. The Bertz CT molecular complexity index is 941. The number of ether oxygens (including phenoxy) is 3. The summed E-state index contributed by atoms with van der Waals surface area (Å²) in [4.78, 5) is 12.6. The van der Waals surface area contributed by atoms with Crippen molar-refractivity contribution in [2.45, 2.75) is 5.22 Å². The van der Waals surface area contributed by atoms with Crippen LogP contribution in [-0.4, -0.2) is 43.1 Å². The predicted octanol–water partition coefficient (Wildman–Crippen LogP) is 3.74. The van der Waals surface area contributed by atoms with Gasteiger partial charge in [-0.2, -0.15) is 0 Å². The number of aromatic nitrogens is 2. The first-order valence-electron chi connectivity index (χ1n) is 8.00. The number of hydrogen-bond acceptors (Lipinski definition) is 8. The average molecular weight is 386 g/mol. The lowest BCUT2D eigenvalue weighted by atomic mass is 10.1. The maximum Gasteiger partial charge on any atom is 0.277 e. The fourth-order valence-corrected chi connectivity index (χ4v) is 3.02. The third-order valence-electron chi connectivity index (χ3n) is 3.76. The standard InChI is InChI=1S/C19H18N2O5S/c1-23-13-6-4-5-12(9-13)18-20-21-19(26-18)27-11-16(22)15-10-14(24-2)7-8-17(15)25-3/h4-10H,11H2,1-3H3. The number of carbonyl (C=O) groups is 1. The molecule has 8 heteroatoms.